The lowest BCUT2D eigenvalue weighted by molar-refractivity contribution is -0.384. The molecule has 8 nitrogen and oxygen atoms in total. The number of benzene rings is 1. The smallest absolute Gasteiger partial charge is 0.314 e. The molecule has 3 rings (SSSR count). The van der Waals surface area contributed by atoms with Crippen molar-refractivity contribution in [2.45, 2.75) is 19.3 Å². The summed E-state index contributed by atoms with van der Waals surface area (Å²) in [6.07, 6.45) is 2.92. The second-order valence-corrected chi connectivity index (χ2v) is 5.49. The number of nitrogens with zero attached hydrogens (tertiary/aromatic N) is 2. The maximum atomic E-state index is 11.5. The highest BCUT2D eigenvalue weighted by Gasteiger charge is 2.16. The van der Waals surface area contributed by atoms with Gasteiger partial charge in [0, 0.05) is 18.7 Å². The minimum Gasteiger partial charge on any atom is -0.316 e. The van der Waals surface area contributed by atoms with Crippen LogP contribution in [0.3, 0.4) is 0 Å². The van der Waals surface area contributed by atoms with E-state index in [0.717, 1.165) is 19.6 Å². The van der Waals surface area contributed by atoms with Crippen molar-refractivity contribution in [2.75, 3.05) is 19.6 Å². The molecule has 0 spiro atoms. The van der Waals surface area contributed by atoms with Gasteiger partial charge in [0.25, 0.3) is 5.69 Å². The molecule has 1 aliphatic rings. The summed E-state index contributed by atoms with van der Waals surface area (Å²) in [5, 5.41) is 11.0. The van der Waals surface area contributed by atoms with E-state index in [-0.39, 0.29) is 11.2 Å². The van der Waals surface area contributed by atoms with E-state index in [0.29, 0.717) is 17.5 Å². The Kier molecular flexibility index (Phi) is 3.76. The normalized spacial score (nSPS) is 15.5. The first-order valence-corrected chi connectivity index (χ1v) is 7.20. The van der Waals surface area contributed by atoms with Crippen molar-refractivity contribution in [2.24, 2.45) is 0 Å². The van der Waals surface area contributed by atoms with Crippen LogP contribution in [0.2, 0.25) is 0 Å². The second kappa shape index (κ2) is 5.72. The molecule has 1 aliphatic heterocycles. The van der Waals surface area contributed by atoms with Crippen LogP contribution in [0.25, 0.3) is 11.0 Å². The molecule has 0 aliphatic carbocycles. The third-order valence-corrected chi connectivity index (χ3v) is 4.00. The Labute approximate surface area is 124 Å². The number of aromatic amines is 2. The molecule has 0 amide bonds. The topological polar surface area (TPSA) is 112 Å². The molecule has 1 fully saturated rings. The van der Waals surface area contributed by atoms with Crippen LogP contribution in [0.5, 0.6) is 0 Å². The monoisotopic (exact) mass is 304 g/mol. The number of likely N-dealkylation sites (tertiary alicyclic amines) is 1. The van der Waals surface area contributed by atoms with Crippen molar-refractivity contribution in [3.8, 4) is 0 Å². The summed E-state index contributed by atoms with van der Waals surface area (Å²) in [6, 6.07) is 2.73. The van der Waals surface area contributed by atoms with Crippen LogP contribution in [0.1, 0.15) is 18.4 Å². The lowest BCUT2D eigenvalue weighted by Crippen LogP contribution is -2.29. The number of rotatable bonds is 4. The summed E-state index contributed by atoms with van der Waals surface area (Å²) < 4.78 is 0. The predicted octanol–water partition coefficient (Wildman–Crippen LogP) is 0.763. The largest absolute Gasteiger partial charge is 0.316 e. The van der Waals surface area contributed by atoms with Gasteiger partial charge in [0.1, 0.15) is 0 Å². The van der Waals surface area contributed by atoms with Gasteiger partial charge in [-0.3, -0.25) is 19.7 Å². The number of hydrogen-bond acceptors (Lipinski definition) is 5. The minimum absolute atomic E-state index is 0.0911. The van der Waals surface area contributed by atoms with Crippen molar-refractivity contribution < 1.29 is 4.92 Å². The first-order chi connectivity index (χ1) is 10.5. The molecular formula is C14H16N4O4. The van der Waals surface area contributed by atoms with E-state index in [4.69, 9.17) is 0 Å². The summed E-state index contributed by atoms with van der Waals surface area (Å²) in [5.41, 5.74) is -0.219. The molecule has 2 heterocycles. The van der Waals surface area contributed by atoms with Gasteiger partial charge in [-0.2, -0.15) is 0 Å². The average molecular weight is 304 g/mol. The van der Waals surface area contributed by atoms with Gasteiger partial charge in [-0.05, 0) is 37.9 Å². The van der Waals surface area contributed by atoms with E-state index in [1.165, 1.54) is 25.0 Å². The van der Waals surface area contributed by atoms with Gasteiger partial charge >= 0.3 is 11.1 Å². The van der Waals surface area contributed by atoms with Gasteiger partial charge in [-0.25, -0.2) is 0 Å². The third kappa shape index (κ3) is 2.77. The number of nitrogens with one attached hydrogen (secondary N) is 2. The maximum Gasteiger partial charge on any atom is 0.314 e. The fraction of sp³-hybridized carbons (Fsp3) is 0.429. The molecule has 116 valence electrons. The predicted molar refractivity (Wildman–Crippen MR) is 81.2 cm³/mol. The highest BCUT2D eigenvalue weighted by atomic mass is 16.6. The number of hydrogen-bond donors (Lipinski definition) is 2. The highest BCUT2D eigenvalue weighted by molar-refractivity contribution is 5.80. The molecule has 8 heteroatoms. The van der Waals surface area contributed by atoms with Crippen LogP contribution in [0, 0.1) is 10.1 Å². The van der Waals surface area contributed by atoms with Crippen molar-refractivity contribution in [1.82, 2.24) is 14.9 Å². The number of H-pyrrole nitrogens is 2. The highest BCUT2D eigenvalue weighted by Crippen LogP contribution is 2.22. The SMILES string of the molecule is O=c1[nH]c2cc([N+](=O)[O-])cc(CCN3CCCC3)c2[nH]c1=O. The molecule has 22 heavy (non-hydrogen) atoms. The third-order valence-electron chi connectivity index (χ3n) is 4.00. The van der Waals surface area contributed by atoms with E-state index in [2.05, 4.69) is 14.9 Å². The molecule has 2 aromatic rings. The van der Waals surface area contributed by atoms with Crippen molar-refractivity contribution >= 4 is 16.7 Å². The Hall–Kier alpha value is -2.48. The first-order valence-electron chi connectivity index (χ1n) is 7.20. The Morgan fingerprint density at radius 2 is 1.82 bits per heavy atom. The summed E-state index contributed by atoms with van der Waals surface area (Å²) in [5.74, 6) is 0. The molecule has 1 aromatic heterocycles. The van der Waals surface area contributed by atoms with Crippen LogP contribution in [-0.4, -0.2) is 39.4 Å². The van der Waals surface area contributed by atoms with Crippen molar-refractivity contribution in [3.05, 3.63) is 48.5 Å². The number of nitro benzene ring substituents is 1. The summed E-state index contributed by atoms with van der Waals surface area (Å²) >= 11 is 0. The van der Waals surface area contributed by atoms with Crippen LogP contribution in [-0.2, 0) is 6.42 Å². The number of fused-ring (bicyclic) bond motifs is 1. The molecule has 1 aromatic carbocycles. The average Bonchev–Trinajstić information content (AvgIpc) is 2.99. The molecular weight excluding hydrogens is 288 g/mol. The zero-order valence-electron chi connectivity index (χ0n) is 11.9. The molecule has 2 N–H and O–H groups in total. The summed E-state index contributed by atoms with van der Waals surface area (Å²) in [7, 11) is 0. The molecule has 0 radical (unpaired) electrons. The van der Waals surface area contributed by atoms with Gasteiger partial charge in [0.2, 0.25) is 0 Å². The lowest BCUT2D eigenvalue weighted by atomic mass is 10.1. The lowest BCUT2D eigenvalue weighted by Gasteiger charge is -2.15. The number of aromatic nitrogens is 2. The quantitative estimate of drug-likeness (QED) is 0.492. The van der Waals surface area contributed by atoms with Crippen LogP contribution < -0.4 is 11.1 Å². The molecule has 0 bridgehead atoms. The zero-order valence-corrected chi connectivity index (χ0v) is 11.9. The van der Waals surface area contributed by atoms with E-state index < -0.39 is 16.0 Å². The van der Waals surface area contributed by atoms with E-state index >= 15 is 0 Å². The Balaban J connectivity index is 2.04. The number of nitro groups is 1. The standard InChI is InChI=1S/C14H16N4O4/c19-13-14(20)16-12-9(3-6-17-4-1-2-5-17)7-10(18(21)22)8-11(12)15-13/h7-8H,1-6H2,(H,15,19)(H,16,20). The Morgan fingerprint density at radius 1 is 1.14 bits per heavy atom. The van der Waals surface area contributed by atoms with Crippen LogP contribution in [0.4, 0.5) is 5.69 Å². The van der Waals surface area contributed by atoms with E-state index in [1.807, 2.05) is 0 Å². The summed E-state index contributed by atoms with van der Waals surface area (Å²) in [4.78, 5) is 40.7. The second-order valence-electron chi connectivity index (χ2n) is 5.49. The number of non-ortho nitro benzene ring substituents is 1. The maximum absolute atomic E-state index is 11.5. The van der Waals surface area contributed by atoms with Crippen LogP contribution in [0.15, 0.2) is 21.7 Å². The van der Waals surface area contributed by atoms with Gasteiger partial charge in [0.05, 0.1) is 16.0 Å². The fourth-order valence-corrected chi connectivity index (χ4v) is 2.87. The van der Waals surface area contributed by atoms with Crippen molar-refractivity contribution in [1.29, 1.82) is 0 Å². The van der Waals surface area contributed by atoms with Gasteiger partial charge in [-0.1, -0.05) is 0 Å². The molecule has 1 saturated heterocycles. The fourth-order valence-electron chi connectivity index (χ4n) is 2.87. The Morgan fingerprint density at radius 3 is 2.50 bits per heavy atom. The Bertz CT molecular complexity index is 833. The van der Waals surface area contributed by atoms with Gasteiger partial charge in [-0.15, -0.1) is 0 Å². The first kappa shape index (κ1) is 14.5. The van der Waals surface area contributed by atoms with Crippen LogP contribution >= 0.6 is 0 Å². The zero-order chi connectivity index (χ0) is 15.7. The van der Waals surface area contributed by atoms with E-state index in [1.54, 1.807) is 0 Å². The van der Waals surface area contributed by atoms with Crippen molar-refractivity contribution in [3.63, 3.8) is 0 Å². The molecule has 0 unspecified atom stereocenters. The van der Waals surface area contributed by atoms with E-state index in [9.17, 15) is 19.7 Å². The minimum atomic E-state index is -0.807. The molecule has 0 saturated carbocycles. The van der Waals surface area contributed by atoms with Gasteiger partial charge < -0.3 is 14.9 Å². The summed E-state index contributed by atoms with van der Waals surface area (Å²) in [6.45, 7) is 2.83. The molecule has 0 atom stereocenters. The van der Waals surface area contributed by atoms with Gasteiger partial charge in [0.15, 0.2) is 0 Å².